The summed E-state index contributed by atoms with van der Waals surface area (Å²) in [4.78, 5) is 10.8. The smallest absolute Gasteiger partial charge is 0.138 e. The summed E-state index contributed by atoms with van der Waals surface area (Å²) in [7, 11) is 0. The molecule has 1 saturated carbocycles. The molecule has 0 bridgehead atoms. The van der Waals surface area contributed by atoms with E-state index in [1.54, 1.807) is 17.7 Å². The van der Waals surface area contributed by atoms with Crippen molar-refractivity contribution < 1.29 is 0 Å². The second kappa shape index (κ2) is 3.15. The Morgan fingerprint density at radius 2 is 2.33 bits per heavy atom. The molecular weight excluding hydrogens is 208 g/mol. The highest BCUT2D eigenvalue weighted by atomic mass is 32.1. The summed E-state index contributed by atoms with van der Waals surface area (Å²) < 4.78 is 0. The summed E-state index contributed by atoms with van der Waals surface area (Å²) in [6, 6.07) is 2.80. The van der Waals surface area contributed by atoms with E-state index < -0.39 is 0 Å². The van der Waals surface area contributed by atoms with Crippen LogP contribution in [0.3, 0.4) is 0 Å². The largest absolute Gasteiger partial charge is 0.365 e. The van der Waals surface area contributed by atoms with Crippen LogP contribution in [0.25, 0.3) is 10.2 Å². The topological polar surface area (TPSA) is 63.8 Å². The summed E-state index contributed by atoms with van der Waals surface area (Å²) >= 11 is 1.69. The van der Waals surface area contributed by atoms with E-state index in [-0.39, 0.29) is 6.04 Å². The van der Waals surface area contributed by atoms with Gasteiger partial charge in [0.15, 0.2) is 0 Å². The zero-order chi connectivity index (χ0) is 10.4. The third kappa shape index (κ3) is 1.57. The van der Waals surface area contributed by atoms with Crippen molar-refractivity contribution in [3.8, 4) is 0 Å². The minimum Gasteiger partial charge on any atom is -0.365 e. The normalized spacial score (nSPS) is 24.4. The SMILES string of the molecule is Cc1cc2c(NC3CC3N)ncnc2s1. The highest BCUT2D eigenvalue weighted by Crippen LogP contribution is 2.30. The Hall–Kier alpha value is -1.20. The molecule has 0 saturated heterocycles. The molecule has 5 heteroatoms. The number of thiophene rings is 1. The molecule has 0 radical (unpaired) electrons. The minimum absolute atomic E-state index is 0.287. The van der Waals surface area contributed by atoms with Crippen molar-refractivity contribution in [2.24, 2.45) is 5.73 Å². The number of fused-ring (bicyclic) bond motifs is 1. The van der Waals surface area contributed by atoms with Gasteiger partial charge in [-0.05, 0) is 19.4 Å². The first kappa shape index (κ1) is 9.06. The Labute approximate surface area is 91.5 Å². The molecule has 1 fully saturated rings. The molecule has 2 atom stereocenters. The van der Waals surface area contributed by atoms with Crippen LogP contribution in [0, 0.1) is 6.92 Å². The van der Waals surface area contributed by atoms with E-state index >= 15 is 0 Å². The van der Waals surface area contributed by atoms with Gasteiger partial charge in [0.25, 0.3) is 0 Å². The maximum Gasteiger partial charge on any atom is 0.138 e. The van der Waals surface area contributed by atoms with E-state index in [9.17, 15) is 0 Å². The molecule has 0 aromatic carbocycles. The van der Waals surface area contributed by atoms with Crippen LogP contribution in [0.2, 0.25) is 0 Å². The zero-order valence-corrected chi connectivity index (χ0v) is 9.21. The molecule has 3 N–H and O–H groups in total. The fourth-order valence-electron chi connectivity index (χ4n) is 1.65. The van der Waals surface area contributed by atoms with Crippen LogP contribution in [0.4, 0.5) is 5.82 Å². The van der Waals surface area contributed by atoms with E-state index in [0.717, 1.165) is 22.5 Å². The maximum atomic E-state index is 5.76. The zero-order valence-electron chi connectivity index (χ0n) is 8.40. The van der Waals surface area contributed by atoms with Crippen LogP contribution in [-0.4, -0.2) is 22.1 Å². The number of aromatic nitrogens is 2. The average molecular weight is 220 g/mol. The number of nitrogens with two attached hydrogens (primary N) is 1. The van der Waals surface area contributed by atoms with Crippen LogP contribution in [0.5, 0.6) is 0 Å². The molecule has 1 aliphatic carbocycles. The molecule has 15 heavy (non-hydrogen) atoms. The van der Waals surface area contributed by atoms with E-state index in [4.69, 9.17) is 5.73 Å². The number of rotatable bonds is 2. The fraction of sp³-hybridized carbons (Fsp3) is 0.400. The molecule has 1 aliphatic rings. The summed E-state index contributed by atoms with van der Waals surface area (Å²) in [5.41, 5.74) is 5.76. The molecule has 2 heterocycles. The van der Waals surface area contributed by atoms with E-state index in [1.807, 2.05) is 0 Å². The maximum absolute atomic E-state index is 5.76. The fourth-order valence-corrected chi connectivity index (χ4v) is 2.49. The van der Waals surface area contributed by atoms with Gasteiger partial charge >= 0.3 is 0 Å². The number of nitrogens with zero attached hydrogens (tertiary/aromatic N) is 2. The van der Waals surface area contributed by atoms with Crippen molar-refractivity contribution in [2.75, 3.05) is 5.32 Å². The summed E-state index contributed by atoms with van der Waals surface area (Å²) in [5, 5.41) is 4.46. The first-order valence-corrected chi connectivity index (χ1v) is 5.79. The first-order valence-electron chi connectivity index (χ1n) is 4.97. The molecular formula is C10H12N4S. The Morgan fingerprint density at radius 1 is 1.53 bits per heavy atom. The van der Waals surface area contributed by atoms with Gasteiger partial charge in [-0.15, -0.1) is 11.3 Å². The molecule has 4 nitrogen and oxygen atoms in total. The Balaban J connectivity index is 2.01. The van der Waals surface area contributed by atoms with Gasteiger partial charge in [-0.3, -0.25) is 0 Å². The Morgan fingerprint density at radius 3 is 3.07 bits per heavy atom. The van der Waals surface area contributed by atoms with E-state index in [2.05, 4.69) is 28.3 Å². The highest BCUT2D eigenvalue weighted by Gasteiger charge is 2.33. The number of hydrogen-bond donors (Lipinski definition) is 2. The average Bonchev–Trinajstić information content (AvgIpc) is 2.74. The number of hydrogen-bond acceptors (Lipinski definition) is 5. The minimum atomic E-state index is 0.287. The lowest BCUT2D eigenvalue weighted by Crippen LogP contribution is -2.14. The van der Waals surface area contributed by atoms with Gasteiger partial charge in [0.05, 0.1) is 5.39 Å². The third-order valence-corrected chi connectivity index (χ3v) is 3.57. The second-order valence-corrected chi connectivity index (χ2v) is 5.18. The van der Waals surface area contributed by atoms with Gasteiger partial charge in [-0.25, -0.2) is 9.97 Å². The standard InChI is InChI=1S/C10H12N4S/c1-5-2-6-9(14-8-3-7(8)11)12-4-13-10(6)15-5/h2,4,7-8H,3,11H2,1H3,(H,12,13,14). The van der Waals surface area contributed by atoms with Crippen molar-refractivity contribution >= 4 is 27.4 Å². The number of nitrogens with one attached hydrogen (secondary N) is 1. The predicted molar refractivity (Wildman–Crippen MR) is 62.2 cm³/mol. The Bertz CT molecular complexity index is 507. The van der Waals surface area contributed by atoms with Gasteiger partial charge in [-0.2, -0.15) is 0 Å². The number of anilines is 1. The predicted octanol–water partition coefficient (Wildman–Crippen LogP) is 1.51. The van der Waals surface area contributed by atoms with Crippen molar-refractivity contribution in [2.45, 2.75) is 25.4 Å². The highest BCUT2D eigenvalue weighted by molar-refractivity contribution is 7.18. The molecule has 78 valence electrons. The summed E-state index contributed by atoms with van der Waals surface area (Å²) in [6.07, 6.45) is 2.64. The second-order valence-electron chi connectivity index (χ2n) is 3.95. The quantitative estimate of drug-likeness (QED) is 0.805. The van der Waals surface area contributed by atoms with Crippen molar-refractivity contribution in [3.63, 3.8) is 0 Å². The number of aryl methyl sites for hydroxylation is 1. The van der Waals surface area contributed by atoms with Crippen molar-refractivity contribution in [3.05, 3.63) is 17.3 Å². The molecule has 2 aromatic heterocycles. The van der Waals surface area contributed by atoms with E-state index in [1.165, 1.54) is 4.88 Å². The van der Waals surface area contributed by atoms with Crippen LogP contribution in [0.15, 0.2) is 12.4 Å². The van der Waals surface area contributed by atoms with Crippen molar-refractivity contribution in [1.82, 2.24) is 9.97 Å². The van der Waals surface area contributed by atoms with Crippen LogP contribution in [0.1, 0.15) is 11.3 Å². The van der Waals surface area contributed by atoms with Crippen LogP contribution < -0.4 is 11.1 Å². The summed E-state index contributed by atoms with van der Waals surface area (Å²) in [5.74, 6) is 0.919. The van der Waals surface area contributed by atoms with Crippen LogP contribution >= 0.6 is 11.3 Å². The van der Waals surface area contributed by atoms with Gasteiger partial charge in [0.1, 0.15) is 17.0 Å². The molecule has 0 aliphatic heterocycles. The molecule has 2 aromatic rings. The van der Waals surface area contributed by atoms with Crippen LogP contribution in [-0.2, 0) is 0 Å². The van der Waals surface area contributed by atoms with Gasteiger partial charge in [0, 0.05) is 17.0 Å². The monoisotopic (exact) mass is 220 g/mol. The van der Waals surface area contributed by atoms with Gasteiger partial charge in [0.2, 0.25) is 0 Å². The van der Waals surface area contributed by atoms with Crippen molar-refractivity contribution in [1.29, 1.82) is 0 Å². The van der Waals surface area contributed by atoms with Gasteiger partial charge < -0.3 is 11.1 Å². The Kier molecular flexibility index (Phi) is 1.90. The molecule has 3 rings (SSSR count). The third-order valence-electron chi connectivity index (χ3n) is 2.61. The first-order chi connectivity index (χ1) is 7.24. The molecule has 0 amide bonds. The molecule has 0 spiro atoms. The van der Waals surface area contributed by atoms with Gasteiger partial charge in [-0.1, -0.05) is 0 Å². The van der Waals surface area contributed by atoms with E-state index in [0.29, 0.717) is 6.04 Å². The lowest BCUT2D eigenvalue weighted by molar-refractivity contribution is 0.997. The summed E-state index contributed by atoms with van der Waals surface area (Å²) in [6.45, 7) is 2.08. The lowest BCUT2D eigenvalue weighted by atomic mass is 10.3. The lowest BCUT2D eigenvalue weighted by Gasteiger charge is -2.03. The molecule has 2 unspecified atom stereocenters.